The van der Waals surface area contributed by atoms with Gasteiger partial charge in [-0.1, -0.05) is 0 Å². The third-order valence-electron chi connectivity index (χ3n) is 3.16. The molecule has 1 aromatic carbocycles. The molecular weight excluding hydrogens is 251 g/mol. The number of hydrogen-bond donors (Lipinski definition) is 2. The first-order chi connectivity index (χ1) is 8.99. The molecule has 0 saturated carbocycles. The molecule has 1 saturated heterocycles. The lowest BCUT2D eigenvalue weighted by Gasteiger charge is -2.34. The number of carbonyl (C=O) groups excluding carboxylic acids is 1. The highest BCUT2D eigenvalue weighted by molar-refractivity contribution is 5.96. The molecule has 0 aliphatic carbocycles. The fourth-order valence-electron chi connectivity index (χ4n) is 2.03. The maximum absolute atomic E-state index is 13.2. The van der Waals surface area contributed by atoms with Crippen LogP contribution in [-0.4, -0.2) is 47.8 Å². The predicted molar refractivity (Wildman–Crippen MR) is 67.4 cm³/mol. The van der Waals surface area contributed by atoms with Crippen LogP contribution >= 0.6 is 0 Å². The van der Waals surface area contributed by atoms with E-state index in [9.17, 15) is 14.3 Å². The minimum atomic E-state index is -0.557. The number of benzene rings is 1. The summed E-state index contributed by atoms with van der Waals surface area (Å²) < 4.78 is 18.6. The standard InChI is InChI=1S/C13H17FN2O3/c1-8(15)12-7-16(4-5-19-12)13(18)10-6-9(14)2-3-11(10)17/h2-3,6,8,12,17H,4-5,7,15H2,1H3. The van der Waals surface area contributed by atoms with Crippen LogP contribution in [0.3, 0.4) is 0 Å². The van der Waals surface area contributed by atoms with Crippen molar-refractivity contribution in [3.05, 3.63) is 29.6 Å². The summed E-state index contributed by atoms with van der Waals surface area (Å²) in [6.45, 7) is 2.93. The average Bonchev–Trinajstić information content (AvgIpc) is 2.41. The molecule has 2 rings (SSSR count). The summed E-state index contributed by atoms with van der Waals surface area (Å²) in [4.78, 5) is 13.8. The van der Waals surface area contributed by atoms with E-state index in [0.717, 1.165) is 12.1 Å². The number of nitrogens with two attached hydrogens (primary N) is 1. The van der Waals surface area contributed by atoms with Crippen LogP contribution < -0.4 is 5.73 Å². The second kappa shape index (κ2) is 5.54. The van der Waals surface area contributed by atoms with E-state index in [1.54, 1.807) is 6.92 Å². The Balaban J connectivity index is 2.17. The molecule has 1 aromatic rings. The van der Waals surface area contributed by atoms with Gasteiger partial charge in [0.25, 0.3) is 5.91 Å². The number of nitrogens with zero attached hydrogens (tertiary/aromatic N) is 1. The number of halogens is 1. The Hall–Kier alpha value is -1.66. The third kappa shape index (κ3) is 3.02. The van der Waals surface area contributed by atoms with E-state index in [-0.39, 0.29) is 23.5 Å². The van der Waals surface area contributed by atoms with Crippen LogP contribution in [-0.2, 0) is 4.74 Å². The molecule has 1 amide bonds. The van der Waals surface area contributed by atoms with Gasteiger partial charge in [-0.3, -0.25) is 4.79 Å². The van der Waals surface area contributed by atoms with Crippen molar-refractivity contribution in [3.63, 3.8) is 0 Å². The van der Waals surface area contributed by atoms with Crippen LogP contribution in [0.25, 0.3) is 0 Å². The highest BCUT2D eigenvalue weighted by Gasteiger charge is 2.28. The molecule has 0 aromatic heterocycles. The summed E-state index contributed by atoms with van der Waals surface area (Å²) in [5.41, 5.74) is 5.71. The summed E-state index contributed by atoms with van der Waals surface area (Å²) in [7, 11) is 0. The van der Waals surface area contributed by atoms with E-state index in [1.807, 2.05) is 0 Å². The topological polar surface area (TPSA) is 75.8 Å². The van der Waals surface area contributed by atoms with Gasteiger partial charge in [-0.05, 0) is 25.1 Å². The zero-order valence-corrected chi connectivity index (χ0v) is 10.7. The van der Waals surface area contributed by atoms with Crippen molar-refractivity contribution in [2.24, 2.45) is 5.73 Å². The molecule has 1 heterocycles. The molecule has 2 atom stereocenters. The van der Waals surface area contributed by atoms with Crippen molar-refractivity contribution in [1.82, 2.24) is 4.90 Å². The number of morpholine rings is 1. The minimum Gasteiger partial charge on any atom is -0.507 e. The Bertz CT molecular complexity index is 479. The van der Waals surface area contributed by atoms with Crippen molar-refractivity contribution < 1.29 is 19.0 Å². The molecule has 0 bridgehead atoms. The molecule has 5 nitrogen and oxygen atoms in total. The van der Waals surface area contributed by atoms with Gasteiger partial charge in [-0.15, -0.1) is 0 Å². The van der Waals surface area contributed by atoms with Crippen LogP contribution in [0.5, 0.6) is 5.75 Å². The molecular formula is C13H17FN2O3. The Morgan fingerprint density at radius 1 is 1.63 bits per heavy atom. The highest BCUT2D eigenvalue weighted by Crippen LogP contribution is 2.21. The van der Waals surface area contributed by atoms with Gasteiger partial charge in [0.1, 0.15) is 11.6 Å². The van der Waals surface area contributed by atoms with Crippen LogP contribution in [0.2, 0.25) is 0 Å². The smallest absolute Gasteiger partial charge is 0.257 e. The monoisotopic (exact) mass is 268 g/mol. The number of ether oxygens (including phenoxy) is 1. The van der Waals surface area contributed by atoms with E-state index >= 15 is 0 Å². The number of rotatable bonds is 2. The van der Waals surface area contributed by atoms with Crippen LogP contribution in [0.4, 0.5) is 4.39 Å². The van der Waals surface area contributed by atoms with E-state index in [2.05, 4.69) is 0 Å². The number of phenolic OH excluding ortho intramolecular Hbond substituents is 1. The molecule has 0 radical (unpaired) electrons. The van der Waals surface area contributed by atoms with E-state index in [1.165, 1.54) is 11.0 Å². The van der Waals surface area contributed by atoms with Crippen molar-refractivity contribution in [3.8, 4) is 5.75 Å². The van der Waals surface area contributed by atoms with Gasteiger partial charge >= 0.3 is 0 Å². The fourth-order valence-corrected chi connectivity index (χ4v) is 2.03. The quantitative estimate of drug-likeness (QED) is 0.828. The van der Waals surface area contributed by atoms with Gasteiger partial charge in [0, 0.05) is 19.1 Å². The maximum Gasteiger partial charge on any atom is 0.257 e. The van der Waals surface area contributed by atoms with E-state index < -0.39 is 11.7 Å². The average molecular weight is 268 g/mol. The number of aromatic hydroxyl groups is 1. The Kier molecular flexibility index (Phi) is 4.01. The number of hydrogen-bond acceptors (Lipinski definition) is 4. The van der Waals surface area contributed by atoms with Crippen LogP contribution in [0, 0.1) is 5.82 Å². The fraction of sp³-hybridized carbons (Fsp3) is 0.462. The Morgan fingerprint density at radius 3 is 3.05 bits per heavy atom. The Labute approximate surface area is 110 Å². The zero-order chi connectivity index (χ0) is 14.0. The molecule has 6 heteroatoms. The second-order valence-electron chi connectivity index (χ2n) is 4.68. The van der Waals surface area contributed by atoms with Gasteiger partial charge in [-0.2, -0.15) is 0 Å². The molecule has 3 N–H and O–H groups in total. The van der Waals surface area contributed by atoms with Gasteiger partial charge in [0.15, 0.2) is 0 Å². The van der Waals surface area contributed by atoms with Crippen molar-refractivity contribution in [1.29, 1.82) is 0 Å². The first-order valence-electron chi connectivity index (χ1n) is 6.14. The number of amides is 1. The van der Waals surface area contributed by atoms with Gasteiger partial charge in [-0.25, -0.2) is 4.39 Å². The molecule has 2 unspecified atom stereocenters. The van der Waals surface area contributed by atoms with Crippen molar-refractivity contribution in [2.75, 3.05) is 19.7 Å². The van der Waals surface area contributed by atoms with Gasteiger partial charge in [0.2, 0.25) is 0 Å². The molecule has 104 valence electrons. The highest BCUT2D eigenvalue weighted by atomic mass is 19.1. The first-order valence-corrected chi connectivity index (χ1v) is 6.14. The minimum absolute atomic E-state index is 0.0367. The second-order valence-corrected chi connectivity index (χ2v) is 4.68. The largest absolute Gasteiger partial charge is 0.507 e. The molecule has 19 heavy (non-hydrogen) atoms. The molecule has 1 fully saturated rings. The van der Waals surface area contributed by atoms with E-state index in [0.29, 0.717) is 19.7 Å². The summed E-state index contributed by atoms with van der Waals surface area (Å²) in [6, 6.07) is 3.12. The lowest BCUT2D eigenvalue weighted by Crippen LogP contribution is -2.51. The summed E-state index contributed by atoms with van der Waals surface area (Å²) in [5.74, 6) is -1.20. The summed E-state index contributed by atoms with van der Waals surface area (Å²) in [6.07, 6.45) is -0.242. The maximum atomic E-state index is 13.2. The van der Waals surface area contributed by atoms with Crippen molar-refractivity contribution in [2.45, 2.75) is 19.1 Å². The van der Waals surface area contributed by atoms with Crippen LogP contribution in [0.15, 0.2) is 18.2 Å². The lowest BCUT2D eigenvalue weighted by atomic mass is 10.1. The van der Waals surface area contributed by atoms with E-state index in [4.69, 9.17) is 10.5 Å². The van der Waals surface area contributed by atoms with Gasteiger partial charge in [0.05, 0.1) is 18.3 Å². The number of phenols is 1. The number of carbonyl (C=O) groups is 1. The summed E-state index contributed by atoms with van der Waals surface area (Å²) >= 11 is 0. The normalized spacial score (nSPS) is 21.2. The zero-order valence-electron chi connectivity index (χ0n) is 10.7. The Morgan fingerprint density at radius 2 is 2.37 bits per heavy atom. The summed E-state index contributed by atoms with van der Waals surface area (Å²) in [5, 5.41) is 9.64. The lowest BCUT2D eigenvalue weighted by molar-refractivity contribution is -0.0300. The van der Waals surface area contributed by atoms with Gasteiger partial charge < -0.3 is 20.5 Å². The van der Waals surface area contributed by atoms with Crippen LogP contribution in [0.1, 0.15) is 17.3 Å². The van der Waals surface area contributed by atoms with Crippen molar-refractivity contribution >= 4 is 5.91 Å². The molecule has 1 aliphatic heterocycles. The molecule has 0 spiro atoms. The predicted octanol–water partition coefficient (Wildman–Crippen LogP) is 0.720. The molecule has 1 aliphatic rings. The first kappa shape index (κ1) is 13.8. The third-order valence-corrected chi connectivity index (χ3v) is 3.16. The SMILES string of the molecule is CC(N)C1CN(C(=O)c2cc(F)ccc2O)CCO1.